The van der Waals surface area contributed by atoms with Crippen LogP contribution in [0.4, 0.5) is 5.69 Å². The number of hydrogen-bond acceptors (Lipinski definition) is 3. The molecule has 1 heterocycles. The van der Waals surface area contributed by atoms with Crippen LogP contribution in [-0.2, 0) is 30.6 Å². The van der Waals surface area contributed by atoms with Crippen molar-refractivity contribution in [2.45, 2.75) is 52.0 Å². The van der Waals surface area contributed by atoms with Gasteiger partial charge < -0.3 is 9.88 Å². The molecule has 0 fully saturated rings. The van der Waals surface area contributed by atoms with Gasteiger partial charge >= 0.3 is 0 Å². The van der Waals surface area contributed by atoms with E-state index in [0.29, 0.717) is 24.7 Å². The lowest BCUT2D eigenvalue weighted by atomic mass is 10.0. The third-order valence-corrected chi connectivity index (χ3v) is 6.46. The Hall–Kier alpha value is -3.47. The fourth-order valence-electron chi connectivity index (χ4n) is 4.91. The number of rotatable bonds is 7. The molecule has 3 aromatic carbocycles. The summed E-state index contributed by atoms with van der Waals surface area (Å²) in [6, 6.07) is 22.8. The summed E-state index contributed by atoms with van der Waals surface area (Å²) < 4.78 is 2.27. The normalized spacial score (nSPS) is 13.5. The number of anilines is 1. The lowest BCUT2D eigenvalue weighted by Gasteiger charge is -2.16. The number of carbonyl (C=O) groups excluding carboxylic acids is 1. The first kappa shape index (κ1) is 21.4. The summed E-state index contributed by atoms with van der Waals surface area (Å²) in [5.41, 5.74) is 3.68. The predicted octanol–water partition coefficient (Wildman–Crippen LogP) is 5.54. The standard InChI is InChI=1S/C28H30N4O/c1-19(2)18-32-26(30-31-28(32)23-16-21-9-3-4-10-22(21)17-23)14-15-27(33)29-25-13-7-11-20-8-5-6-12-24(20)25/h3-13,19,23H,14-18H2,1-2H3,(H,29,33). The number of nitrogens with one attached hydrogen (secondary N) is 1. The van der Waals surface area contributed by atoms with E-state index in [2.05, 4.69) is 70.3 Å². The number of hydrogen-bond donors (Lipinski definition) is 1. The molecule has 1 aliphatic carbocycles. The summed E-state index contributed by atoms with van der Waals surface area (Å²) in [5, 5.41) is 14.4. The maximum Gasteiger partial charge on any atom is 0.224 e. The van der Waals surface area contributed by atoms with Crippen LogP contribution in [0.2, 0.25) is 0 Å². The van der Waals surface area contributed by atoms with Crippen molar-refractivity contribution in [1.82, 2.24) is 14.8 Å². The fourth-order valence-corrected chi connectivity index (χ4v) is 4.91. The van der Waals surface area contributed by atoms with E-state index in [1.807, 2.05) is 30.3 Å². The zero-order valence-corrected chi connectivity index (χ0v) is 19.3. The molecule has 5 heteroatoms. The Morgan fingerprint density at radius 3 is 2.42 bits per heavy atom. The first-order valence-corrected chi connectivity index (χ1v) is 11.8. The topological polar surface area (TPSA) is 59.8 Å². The Kier molecular flexibility index (Phi) is 5.95. The Morgan fingerprint density at radius 1 is 0.970 bits per heavy atom. The van der Waals surface area contributed by atoms with Crippen molar-refractivity contribution in [3.8, 4) is 0 Å². The van der Waals surface area contributed by atoms with Gasteiger partial charge in [-0.15, -0.1) is 10.2 Å². The second kappa shape index (κ2) is 9.18. The summed E-state index contributed by atoms with van der Waals surface area (Å²) in [7, 11) is 0. The van der Waals surface area contributed by atoms with Gasteiger partial charge in [-0.05, 0) is 41.3 Å². The largest absolute Gasteiger partial charge is 0.326 e. The van der Waals surface area contributed by atoms with Crippen molar-refractivity contribution in [3.63, 3.8) is 0 Å². The van der Waals surface area contributed by atoms with Crippen LogP contribution >= 0.6 is 0 Å². The number of benzene rings is 3. The van der Waals surface area contributed by atoms with E-state index in [4.69, 9.17) is 0 Å². The molecule has 0 atom stereocenters. The second-order valence-corrected chi connectivity index (χ2v) is 9.43. The quantitative estimate of drug-likeness (QED) is 0.412. The van der Waals surface area contributed by atoms with Gasteiger partial charge in [0.15, 0.2) is 0 Å². The van der Waals surface area contributed by atoms with Crippen molar-refractivity contribution in [1.29, 1.82) is 0 Å². The third-order valence-electron chi connectivity index (χ3n) is 6.46. The summed E-state index contributed by atoms with van der Waals surface area (Å²) in [6.45, 7) is 5.30. The molecule has 1 amide bonds. The number of aryl methyl sites for hydroxylation is 1. The maximum absolute atomic E-state index is 12.8. The van der Waals surface area contributed by atoms with Crippen LogP contribution in [0.15, 0.2) is 66.7 Å². The van der Waals surface area contributed by atoms with Crippen molar-refractivity contribution in [3.05, 3.63) is 89.5 Å². The molecule has 1 aliphatic rings. The molecule has 0 radical (unpaired) electrons. The van der Waals surface area contributed by atoms with E-state index < -0.39 is 0 Å². The Balaban J connectivity index is 1.31. The zero-order valence-electron chi connectivity index (χ0n) is 19.3. The molecule has 0 saturated heterocycles. The van der Waals surface area contributed by atoms with E-state index in [1.165, 1.54) is 11.1 Å². The van der Waals surface area contributed by atoms with Crippen molar-refractivity contribution in [2.75, 3.05) is 5.32 Å². The van der Waals surface area contributed by atoms with E-state index in [0.717, 1.165) is 47.5 Å². The van der Waals surface area contributed by atoms with Gasteiger partial charge in [-0.25, -0.2) is 0 Å². The van der Waals surface area contributed by atoms with E-state index >= 15 is 0 Å². The van der Waals surface area contributed by atoms with Crippen LogP contribution in [0.5, 0.6) is 0 Å². The summed E-state index contributed by atoms with van der Waals surface area (Å²) >= 11 is 0. The van der Waals surface area contributed by atoms with Crippen LogP contribution in [0, 0.1) is 5.92 Å². The predicted molar refractivity (Wildman–Crippen MR) is 132 cm³/mol. The number of carbonyl (C=O) groups is 1. The van der Waals surface area contributed by atoms with Gasteiger partial charge in [0.2, 0.25) is 5.91 Å². The number of amides is 1. The molecule has 0 spiro atoms. The lowest BCUT2D eigenvalue weighted by Crippen LogP contribution is -2.17. The lowest BCUT2D eigenvalue weighted by molar-refractivity contribution is -0.116. The minimum atomic E-state index is 0.000251. The first-order valence-electron chi connectivity index (χ1n) is 11.8. The van der Waals surface area contributed by atoms with E-state index in [9.17, 15) is 4.79 Å². The minimum absolute atomic E-state index is 0.000251. The molecule has 0 unspecified atom stereocenters. The van der Waals surface area contributed by atoms with Crippen LogP contribution < -0.4 is 5.32 Å². The summed E-state index contributed by atoms with van der Waals surface area (Å²) in [6.07, 6.45) is 2.97. The van der Waals surface area contributed by atoms with E-state index in [-0.39, 0.29) is 5.91 Å². The average molecular weight is 439 g/mol. The summed E-state index contributed by atoms with van der Waals surface area (Å²) in [4.78, 5) is 12.8. The van der Waals surface area contributed by atoms with Crippen LogP contribution in [0.3, 0.4) is 0 Å². The third kappa shape index (κ3) is 4.54. The van der Waals surface area contributed by atoms with Gasteiger partial charge in [0.25, 0.3) is 0 Å². The number of fused-ring (bicyclic) bond motifs is 2. The second-order valence-electron chi connectivity index (χ2n) is 9.43. The SMILES string of the molecule is CC(C)Cn1c(CCC(=O)Nc2cccc3ccccc23)nnc1C1Cc2ccccc2C1. The van der Waals surface area contributed by atoms with Gasteiger partial charge in [-0.3, -0.25) is 4.79 Å². The Morgan fingerprint density at radius 2 is 1.67 bits per heavy atom. The van der Waals surface area contributed by atoms with Gasteiger partial charge in [0.05, 0.1) is 0 Å². The highest BCUT2D eigenvalue weighted by Crippen LogP contribution is 2.33. The molecule has 0 bridgehead atoms. The van der Waals surface area contributed by atoms with Crippen LogP contribution in [0.1, 0.15) is 49.0 Å². The zero-order chi connectivity index (χ0) is 22.8. The molecule has 33 heavy (non-hydrogen) atoms. The molecule has 1 aromatic heterocycles. The highest BCUT2D eigenvalue weighted by atomic mass is 16.1. The maximum atomic E-state index is 12.8. The van der Waals surface area contributed by atoms with Gasteiger partial charge in [0.1, 0.15) is 11.6 Å². The molecular weight excluding hydrogens is 408 g/mol. The van der Waals surface area contributed by atoms with Crippen LogP contribution in [-0.4, -0.2) is 20.7 Å². The van der Waals surface area contributed by atoms with Crippen molar-refractivity contribution in [2.24, 2.45) is 5.92 Å². The Bertz CT molecular complexity index is 1260. The molecule has 4 aromatic rings. The minimum Gasteiger partial charge on any atom is -0.326 e. The first-order chi connectivity index (χ1) is 16.1. The molecule has 1 N–H and O–H groups in total. The fraction of sp³-hybridized carbons (Fsp3) is 0.321. The molecule has 168 valence electrons. The molecular formula is C28H30N4O. The Labute approximate surface area is 194 Å². The number of aromatic nitrogens is 3. The van der Waals surface area contributed by atoms with Crippen LogP contribution in [0.25, 0.3) is 10.8 Å². The van der Waals surface area contributed by atoms with Gasteiger partial charge in [0, 0.05) is 36.4 Å². The smallest absolute Gasteiger partial charge is 0.224 e. The van der Waals surface area contributed by atoms with E-state index in [1.54, 1.807) is 0 Å². The molecule has 0 saturated carbocycles. The molecule has 0 aliphatic heterocycles. The molecule has 5 nitrogen and oxygen atoms in total. The highest BCUT2D eigenvalue weighted by Gasteiger charge is 2.28. The van der Waals surface area contributed by atoms with Gasteiger partial charge in [-0.2, -0.15) is 0 Å². The summed E-state index contributed by atoms with van der Waals surface area (Å²) in [5.74, 6) is 2.80. The van der Waals surface area contributed by atoms with Crippen molar-refractivity contribution >= 4 is 22.4 Å². The highest BCUT2D eigenvalue weighted by molar-refractivity contribution is 6.02. The number of nitrogens with zero attached hydrogens (tertiary/aromatic N) is 3. The van der Waals surface area contributed by atoms with Crippen molar-refractivity contribution < 1.29 is 4.79 Å². The monoisotopic (exact) mass is 438 g/mol. The average Bonchev–Trinajstić information content (AvgIpc) is 3.41. The molecule has 5 rings (SSSR count). The van der Waals surface area contributed by atoms with Gasteiger partial charge in [-0.1, -0.05) is 74.5 Å².